The molecule has 2 rings (SSSR count). The van der Waals surface area contributed by atoms with Gasteiger partial charge < -0.3 is 10.2 Å². The third kappa shape index (κ3) is 7.09. The standard InChI is InChI=1S/C24H33N3O4S/c1-18-11-13-21(14-12-18)17-26(20(3)24(29)25-4)23(28)10-7-15-27(32(5,30)31)22-9-6-8-19(2)16-22/h6,8-9,11-14,16,20H,7,10,15,17H2,1-5H3,(H,25,29). The van der Waals surface area contributed by atoms with Crippen LogP contribution >= 0.6 is 0 Å². The normalized spacial score (nSPS) is 12.2. The first-order chi connectivity index (χ1) is 15.0. The molecule has 0 fully saturated rings. The van der Waals surface area contributed by atoms with E-state index in [1.165, 1.54) is 4.31 Å². The third-order valence-electron chi connectivity index (χ3n) is 5.33. The number of hydrogen-bond donors (Lipinski definition) is 1. The highest BCUT2D eigenvalue weighted by molar-refractivity contribution is 7.92. The lowest BCUT2D eigenvalue weighted by atomic mass is 10.1. The monoisotopic (exact) mass is 459 g/mol. The molecule has 0 heterocycles. The first kappa shape index (κ1) is 25.4. The van der Waals surface area contributed by atoms with Gasteiger partial charge in [-0.25, -0.2) is 8.42 Å². The molecule has 0 aliphatic rings. The Labute approximate surface area is 191 Å². The zero-order valence-electron chi connectivity index (χ0n) is 19.5. The number of benzene rings is 2. The number of nitrogens with zero attached hydrogens (tertiary/aromatic N) is 2. The molecule has 0 aliphatic heterocycles. The molecule has 2 amide bonds. The summed E-state index contributed by atoms with van der Waals surface area (Å²) in [5.74, 6) is -0.442. The second-order valence-electron chi connectivity index (χ2n) is 8.08. The van der Waals surface area contributed by atoms with Gasteiger partial charge in [0.1, 0.15) is 6.04 Å². The molecule has 0 bridgehead atoms. The maximum atomic E-state index is 13.1. The van der Waals surface area contributed by atoms with Crippen LogP contribution < -0.4 is 9.62 Å². The lowest BCUT2D eigenvalue weighted by Crippen LogP contribution is -2.46. The number of carbonyl (C=O) groups is 2. The number of anilines is 1. The van der Waals surface area contributed by atoms with E-state index in [1.807, 2.05) is 50.2 Å². The van der Waals surface area contributed by atoms with E-state index in [0.717, 1.165) is 22.9 Å². The molecule has 0 saturated heterocycles. The molecular formula is C24H33N3O4S. The minimum atomic E-state index is -3.49. The lowest BCUT2D eigenvalue weighted by molar-refractivity contribution is -0.140. The predicted octanol–water partition coefficient (Wildman–Crippen LogP) is 3.01. The van der Waals surface area contributed by atoms with Crippen LogP contribution in [0, 0.1) is 13.8 Å². The van der Waals surface area contributed by atoms with Crippen molar-refractivity contribution in [1.29, 1.82) is 0 Å². The molecule has 0 spiro atoms. The van der Waals surface area contributed by atoms with E-state index in [9.17, 15) is 18.0 Å². The Balaban J connectivity index is 2.13. The number of rotatable bonds is 10. The Morgan fingerprint density at radius 2 is 1.69 bits per heavy atom. The van der Waals surface area contributed by atoms with Crippen LogP contribution in [0.5, 0.6) is 0 Å². The SMILES string of the molecule is CNC(=O)C(C)N(Cc1ccc(C)cc1)C(=O)CCCN(c1cccc(C)c1)S(C)(=O)=O. The Kier molecular flexibility index (Phi) is 8.83. The molecule has 0 saturated carbocycles. The molecule has 2 aromatic carbocycles. The van der Waals surface area contributed by atoms with Crippen molar-refractivity contribution in [2.24, 2.45) is 0 Å². The van der Waals surface area contributed by atoms with Crippen LogP contribution in [-0.2, 0) is 26.2 Å². The van der Waals surface area contributed by atoms with Crippen LogP contribution in [0.1, 0.15) is 36.5 Å². The van der Waals surface area contributed by atoms with E-state index in [2.05, 4.69) is 5.32 Å². The van der Waals surface area contributed by atoms with E-state index in [-0.39, 0.29) is 24.8 Å². The topological polar surface area (TPSA) is 86.8 Å². The van der Waals surface area contributed by atoms with Gasteiger partial charge in [-0.1, -0.05) is 42.0 Å². The van der Waals surface area contributed by atoms with Crippen molar-refractivity contribution in [3.63, 3.8) is 0 Å². The van der Waals surface area contributed by atoms with Gasteiger partial charge in [0, 0.05) is 26.6 Å². The summed E-state index contributed by atoms with van der Waals surface area (Å²) in [6.45, 7) is 6.07. The Hall–Kier alpha value is -2.87. The molecule has 1 N–H and O–H groups in total. The van der Waals surface area contributed by atoms with E-state index in [4.69, 9.17) is 0 Å². The number of likely N-dealkylation sites (N-methyl/N-ethyl adjacent to an activating group) is 1. The molecule has 0 aliphatic carbocycles. The predicted molar refractivity (Wildman–Crippen MR) is 128 cm³/mol. The van der Waals surface area contributed by atoms with Crippen molar-refractivity contribution in [1.82, 2.24) is 10.2 Å². The molecule has 174 valence electrons. The Morgan fingerprint density at radius 3 is 2.25 bits per heavy atom. The second kappa shape index (κ2) is 11.1. The summed E-state index contributed by atoms with van der Waals surface area (Å²) in [7, 11) is -1.95. The van der Waals surface area contributed by atoms with Gasteiger partial charge in [0.15, 0.2) is 0 Å². The molecule has 0 radical (unpaired) electrons. The summed E-state index contributed by atoms with van der Waals surface area (Å²) in [5.41, 5.74) is 3.58. The summed E-state index contributed by atoms with van der Waals surface area (Å²) in [6.07, 6.45) is 1.63. The van der Waals surface area contributed by atoms with Crippen molar-refractivity contribution in [3.8, 4) is 0 Å². The first-order valence-corrected chi connectivity index (χ1v) is 12.5. The van der Waals surface area contributed by atoms with Crippen LogP contribution in [-0.4, -0.2) is 51.0 Å². The highest BCUT2D eigenvalue weighted by Gasteiger charge is 2.26. The average molecular weight is 460 g/mol. The molecule has 0 aromatic heterocycles. The smallest absolute Gasteiger partial charge is 0.242 e. The van der Waals surface area contributed by atoms with Crippen LogP contribution in [0.25, 0.3) is 0 Å². The van der Waals surface area contributed by atoms with Gasteiger partial charge in [-0.2, -0.15) is 0 Å². The van der Waals surface area contributed by atoms with Crippen LogP contribution in [0.15, 0.2) is 48.5 Å². The number of carbonyl (C=O) groups excluding carboxylic acids is 2. The lowest BCUT2D eigenvalue weighted by Gasteiger charge is -2.29. The van der Waals surface area contributed by atoms with Crippen molar-refractivity contribution in [2.45, 2.75) is 46.2 Å². The highest BCUT2D eigenvalue weighted by Crippen LogP contribution is 2.20. The van der Waals surface area contributed by atoms with Gasteiger partial charge in [-0.05, 0) is 50.5 Å². The summed E-state index contributed by atoms with van der Waals surface area (Å²) in [5, 5.41) is 2.60. The molecule has 2 aromatic rings. The summed E-state index contributed by atoms with van der Waals surface area (Å²) < 4.78 is 26.0. The average Bonchev–Trinajstić information content (AvgIpc) is 2.74. The van der Waals surface area contributed by atoms with E-state index in [0.29, 0.717) is 18.7 Å². The fraction of sp³-hybridized carbons (Fsp3) is 0.417. The molecule has 8 heteroatoms. The molecule has 1 unspecified atom stereocenters. The highest BCUT2D eigenvalue weighted by atomic mass is 32.2. The fourth-order valence-electron chi connectivity index (χ4n) is 3.47. The van der Waals surface area contributed by atoms with Crippen LogP contribution in [0.2, 0.25) is 0 Å². The number of sulfonamides is 1. The molecule has 1 atom stereocenters. The van der Waals surface area contributed by atoms with E-state index >= 15 is 0 Å². The van der Waals surface area contributed by atoms with Crippen molar-refractivity contribution in [2.75, 3.05) is 24.2 Å². The molecule has 7 nitrogen and oxygen atoms in total. The summed E-state index contributed by atoms with van der Waals surface area (Å²) in [4.78, 5) is 26.9. The summed E-state index contributed by atoms with van der Waals surface area (Å²) >= 11 is 0. The summed E-state index contributed by atoms with van der Waals surface area (Å²) in [6, 6.07) is 14.4. The molecular weight excluding hydrogens is 426 g/mol. The van der Waals surface area contributed by atoms with Gasteiger partial charge >= 0.3 is 0 Å². The van der Waals surface area contributed by atoms with Gasteiger partial charge in [-0.3, -0.25) is 13.9 Å². The third-order valence-corrected chi connectivity index (χ3v) is 6.52. The van der Waals surface area contributed by atoms with Gasteiger partial charge in [0.25, 0.3) is 0 Å². The van der Waals surface area contributed by atoms with Crippen molar-refractivity contribution in [3.05, 3.63) is 65.2 Å². The second-order valence-corrected chi connectivity index (χ2v) is 9.98. The quantitative estimate of drug-likeness (QED) is 0.592. The zero-order chi connectivity index (χ0) is 23.9. The number of amides is 2. The Bertz CT molecular complexity index is 1040. The van der Waals surface area contributed by atoms with Crippen LogP contribution in [0.4, 0.5) is 5.69 Å². The van der Waals surface area contributed by atoms with Crippen molar-refractivity contribution < 1.29 is 18.0 Å². The fourth-order valence-corrected chi connectivity index (χ4v) is 4.43. The largest absolute Gasteiger partial charge is 0.357 e. The maximum absolute atomic E-state index is 13.1. The van der Waals surface area contributed by atoms with Gasteiger partial charge in [0.05, 0.1) is 11.9 Å². The molecule has 32 heavy (non-hydrogen) atoms. The minimum Gasteiger partial charge on any atom is -0.357 e. The first-order valence-electron chi connectivity index (χ1n) is 10.6. The van der Waals surface area contributed by atoms with Crippen LogP contribution in [0.3, 0.4) is 0 Å². The number of nitrogens with one attached hydrogen (secondary N) is 1. The minimum absolute atomic E-state index is 0.130. The Morgan fingerprint density at radius 1 is 1.03 bits per heavy atom. The van der Waals surface area contributed by atoms with E-state index < -0.39 is 16.1 Å². The van der Waals surface area contributed by atoms with Crippen molar-refractivity contribution >= 4 is 27.5 Å². The van der Waals surface area contributed by atoms with Gasteiger partial charge in [0.2, 0.25) is 21.8 Å². The van der Waals surface area contributed by atoms with Gasteiger partial charge in [-0.15, -0.1) is 0 Å². The zero-order valence-corrected chi connectivity index (χ0v) is 20.3. The maximum Gasteiger partial charge on any atom is 0.242 e. The number of aryl methyl sites for hydroxylation is 2. The van der Waals surface area contributed by atoms with E-state index in [1.54, 1.807) is 31.0 Å². The number of hydrogen-bond acceptors (Lipinski definition) is 4.